The van der Waals surface area contributed by atoms with Crippen molar-refractivity contribution in [2.75, 3.05) is 0 Å². The number of nitrogens with zero attached hydrogens (tertiary/aromatic N) is 2. The van der Waals surface area contributed by atoms with Crippen molar-refractivity contribution >= 4 is 34.1 Å². The molecule has 0 atom stereocenters. The minimum absolute atomic E-state index is 0.444. The summed E-state index contributed by atoms with van der Waals surface area (Å²) in [4.78, 5) is 4.30. The minimum atomic E-state index is 0.444. The van der Waals surface area contributed by atoms with E-state index in [0.717, 1.165) is 22.0 Å². The van der Waals surface area contributed by atoms with Crippen LogP contribution in [0.2, 0.25) is 10.2 Å². The van der Waals surface area contributed by atoms with Crippen molar-refractivity contribution in [3.8, 4) is 6.07 Å². The molecular weight excluding hydrogens is 255 g/mol. The van der Waals surface area contributed by atoms with Gasteiger partial charge < -0.3 is 0 Å². The van der Waals surface area contributed by atoms with Crippen LogP contribution in [0.4, 0.5) is 0 Å². The molecule has 2 nitrogen and oxygen atoms in total. The number of nitriles is 1. The Labute approximate surface area is 110 Å². The van der Waals surface area contributed by atoms with Gasteiger partial charge in [0.15, 0.2) is 0 Å². The van der Waals surface area contributed by atoms with Gasteiger partial charge in [-0.2, -0.15) is 5.26 Å². The summed E-state index contributed by atoms with van der Waals surface area (Å²) in [6.07, 6.45) is 1.07. The van der Waals surface area contributed by atoms with E-state index in [0.29, 0.717) is 23.0 Å². The van der Waals surface area contributed by atoms with Crippen LogP contribution in [0.25, 0.3) is 10.9 Å². The van der Waals surface area contributed by atoms with Crippen molar-refractivity contribution < 1.29 is 0 Å². The molecule has 0 unspecified atom stereocenters. The van der Waals surface area contributed by atoms with Gasteiger partial charge in [-0.05, 0) is 42.7 Å². The van der Waals surface area contributed by atoms with Gasteiger partial charge in [0.2, 0.25) is 0 Å². The predicted molar refractivity (Wildman–Crippen MR) is 70.4 cm³/mol. The number of aryl methyl sites for hydroxylation is 2. The molecule has 0 aliphatic carbocycles. The summed E-state index contributed by atoms with van der Waals surface area (Å²) < 4.78 is 0. The molecule has 1 heterocycles. The van der Waals surface area contributed by atoms with E-state index in [1.54, 1.807) is 0 Å². The lowest BCUT2D eigenvalue weighted by atomic mass is 10.1. The molecule has 0 radical (unpaired) electrons. The first-order chi connectivity index (χ1) is 8.11. The maximum absolute atomic E-state index is 8.58. The van der Waals surface area contributed by atoms with E-state index in [1.165, 1.54) is 0 Å². The number of benzene rings is 1. The molecule has 4 heteroatoms. The lowest BCUT2D eigenvalue weighted by molar-refractivity contribution is 1.00. The van der Waals surface area contributed by atoms with E-state index in [4.69, 9.17) is 28.5 Å². The smallest absolute Gasteiger partial charge is 0.133 e. The van der Waals surface area contributed by atoms with Gasteiger partial charge in [0.05, 0.1) is 11.6 Å². The summed E-state index contributed by atoms with van der Waals surface area (Å²) >= 11 is 12.1. The van der Waals surface area contributed by atoms with Gasteiger partial charge in [-0.3, -0.25) is 0 Å². The highest BCUT2D eigenvalue weighted by atomic mass is 35.5. The third-order valence-corrected chi connectivity index (χ3v) is 3.36. The van der Waals surface area contributed by atoms with Gasteiger partial charge in [0.25, 0.3) is 0 Å². The van der Waals surface area contributed by atoms with Gasteiger partial charge in [-0.1, -0.05) is 23.2 Å². The zero-order valence-corrected chi connectivity index (χ0v) is 10.8. The van der Waals surface area contributed by atoms with Crippen LogP contribution < -0.4 is 0 Å². The lowest BCUT2D eigenvalue weighted by Crippen LogP contribution is -1.91. The van der Waals surface area contributed by atoms with Crippen LogP contribution >= 0.6 is 23.2 Å². The fraction of sp³-hybridized carbons (Fsp3) is 0.231. The number of fused-ring (bicyclic) bond motifs is 1. The molecule has 2 rings (SSSR count). The summed E-state index contributed by atoms with van der Waals surface area (Å²) in [5, 5.41) is 10.7. The van der Waals surface area contributed by atoms with Crippen LogP contribution in [-0.4, -0.2) is 4.98 Å². The maximum Gasteiger partial charge on any atom is 0.133 e. The summed E-state index contributed by atoms with van der Waals surface area (Å²) in [5.74, 6) is 0. The molecule has 1 aromatic carbocycles. The van der Waals surface area contributed by atoms with Crippen LogP contribution in [0.5, 0.6) is 0 Å². The topological polar surface area (TPSA) is 36.7 Å². The van der Waals surface area contributed by atoms with Crippen LogP contribution in [-0.2, 0) is 6.42 Å². The van der Waals surface area contributed by atoms with Crippen LogP contribution in [0.15, 0.2) is 18.2 Å². The number of hydrogen-bond donors (Lipinski definition) is 0. The van der Waals surface area contributed by atoms with Gasteiger partial charge in [0.1, 0.15) is 5.15 Å². The third-order valence-electron chi connectivity index (χ3n) is 2.63. The molecule has 86 valence electrons. The van der Waals surface area contributed by atoms with Crippen LogP contribution in [0.1, 0.15) is 17.5 Å². The van der Waals surface area contributed by atoms with Crippen LogP contribution in [0.3, 0.4) is 0 Å². The average Bonchev–Trinajstić information content (AvgIpc) is 2.29. The average molecular weight is 265 g/mol. The number of hydrogen-bond acceptors (Lipinski definition) is 2. The number of rotatable bonds is 2. The molecule has 0 amide bonds. The van der Waals surface area contributed by atoms with Gasteiger partial charge in [-0.15, -0.1) is 0 Å². The Balaban J connectivity index is 2.56. The fourth-order valence-corrected chi connectivity index (χ4v) is 2.09. The van der Waals surface area contributed by atoms with Crippen molar-refractivity contribution in [3.63, 3.8) is 0 Å². The molecule has 0 saturated heterocycles. The second-order valence-electron chi connectivity index (χ2n) is 3.89. The van der Waals surface area contributed by atoms with Gasteiger partial charge >= 0.3 is 0 Å². The molecule has 0 aliphatic heterocycles. The van der Waals surface area contributed by atoms with E-state index in [9.17, 15) is 0 Å². The van der Waals surface area contributed by atoms with Gasteiger partial charge in [-0.25, -0.2) is 4.98 Å². The summed E-state index contributed by atoms with van der Waals surface area (Å²) in [5.41, 5.74) is 2.70. The Bertz CT molecular complexity index is 615. The van der Waals surface area contributed by atoms with Crippen molar-refractivity contribution in [1.29, 1.82) is 5.26 Å². The number of aromatic nitrogens is 1. The molecule has 17 heavy (non-hydrogen) atoms. The zero-order chi connectivity index (χ0) is 12.4. The van der Waals surface area contributed by atoms with E-state index in [1.807, 2.05) is 25.1 Å². The second kappa shape index (κ2) is 4.91. The van der Waals surface area contributed by atoms with Crippen molar-refractivity contribution in [1.82, 2.24) is 4.98 Å². The minimum Gasteiger partial charge on any atom is -0.236 e. The lowest BCUT2D eigenvalue weighted by Gasteiger charge is -2.06. The number of pyridine rings is 1. The van der Waals surface area contributed by atoms with E-state index >= 15 is 0 Å². The Morgan fingerprint density at radius 1 is 1.29 bits per heavy atom. The standard InChI is InChI=1S/C13H10Cl2N2/c1-8-5-10-6-9(3-2-4-16)13(15)17-12(10)7-11(8)14/h5-7H,2-3H2,1H3. The first-order valence-electron chi connectivity index (χ1n) is 5.24. The van der Waals surface area contributed by atoms with Crippen molar-refractivity contribution in [3.05, 3.63) is 39.5 Å². The zero-order valence-electron chi connectivity index (χ0n) is 9.30. The summed E-state index contributed by atoms with van der Waals surface area (Å²) in [7, 11) is 0. The summed E-state index contributed by atoms with van der Waals surface area (Å²) in [6, 6.07) is 7.88. The molecule has 0 aliphatic rings. The SMILES string of the molecule is Cc1cc2cc(CCC#N)c(Cl)nc2cc1Cl. The molecule has 2 aromatic rings. The molecule has 0 fully saturated rings. The maximum atomic E-state index is 8.58. The highest BCUT2D eigenvalue weighted by Crippen LogP contribution is 2.26. The Kier molecular flexibility index (Phi) is 3.51. The largest absolute Gasteiger partial charge is 0.236 e. The Hall–Kier alpha value is -1.30. The Morgan fingerprint density at radius 2 is 2.06 bits per heavy atom. The van der Waals surface area contributed by atoms with Crippen molar-refractivity contribution in [2.24, 2.45) is 0 Å². The third kappa shape index (κ3) is 2.52. The molecule has 0 bridgehead atoms. The predicted octanol–water partition coefficient (Wildman–Crippen LogP) is 4.31. The quantitative estimate of drug-likeness (QED) is 0.759. The Morgan fingerprint density at radius 3 is 2.76 bits per heavy atom. The van der Waals surface area contributed by atoms with Gasteiger partial charge in [0, 0.05) is 16.8 Å². The highest BCUT2D eigenvalue weighted by Gasteiger charge is 2.06. The molecule has 1 aromatic heterocycles. The first-order valence-corrected chi connectivity index (χ1v) is 5.99. The normalized spacial score (nSPS) is 10.5. The van der Waals surface area contributed by atoms with Crippen molar-refractivity contribution in [2.45, 2.75) is 19.8 Å². The fourth-order valence-electron chi connectivity index (χ4n) is 1.70. The molecule has 0 spiro atoms. The number of halogens is 2. The molecular formula is C13H10Cl2N2. The van der Waals surface area contributed by atoms with Crippen LogP contribution in [0, 0.1) is 18.3 Å². The second-order valence-corrected chi connectivity index (χ2v) is 4.66. The summed E-state index contributed by atoms with van der Waals surface area (Å²) in [6.45, 7) is 1.95. The van der Waals surface area contributed by atoms with E-state index in [-0.39, 0.29) is 0 Å². The highest BCUT2D eigenvalue weighted by molar-refractivity contribution is 6.32. The first kappa shape index (κ1) is 12.2. The van der Waals surface area contributed by atoms with E-state index < -0.39 is 0 Å². The molecule has 0 saturated carbocycles. The monoisotopic (exact) mass is 264 g/mol. The van der Waals surface area contributed by atoms with E-state index in [2.05, 4.69) is 11.1 Å². The molecule has 0 N–H and O–H groups in total.